The summed E-state index contributed by atoms with van der Waals surface area (Å²) in [5.41, 5.74) is 0.927. The number of rotatable bonds is 2. The van der Waals surface area contributed by atoms with E-state index in [2.05, 4.69) is 10.1 Å². The van der Waals surface area contributed by atoms with Crippen molar-refractivity contribution in [3.05, 3.63) is 21.7 Å². The molecule has 6 heteroatoms. The third-order valence-corrected chi connectivity index (χ3v) is 2.71. The largest absolute Gasteiger partial charge is 0.477 e. The zero-order valence-electron chi connectivity index (χ0n) is 8.14. The number of hydrogen-bond donors (Lipinski definition) is 1. The molecule has 5 nitrogen and oxygen atoms in total. The van der Waals surface area contributed by atoms with Gasteiger partial charge in [-0.05, 0) is 13.8 Å². The SMILES string of the molecule is Cc1nc(-c2noc(C)c2C(=O)O)cs1. The van der Waals surface area contributed by atoms with Crippen LogP contribution in [0.25, 0.3) is 11.4 Å². The van der Waals surface area contributed by atoms with Gasteiger partial charge in [0.2, 0.25) is 0 Å². The average Bonchev–Trinajstić information content (AvgIpc) is 2.71. The van der Waals surface area contributed by atoms with Gasteiger partial charge in [0.15, 0.2) is 0 Å². The second-order valence-electron chi connectivity index (χ2n) is 3.02. The second kappa shape index (κ2) is 3.47. The van der Waals surface area contributed by atoms with Crippen molar-refractivity contribution in [2.45, 2.75) is 13.8 Å². The molecule has 0 saturated heterocycles. The first-order valence-corrected chi connectivity index (χ1v) is 5.09. The molecule has 0 fully saturated rings. The average molecular weight is 224 g/mol. The Hall–Kier alpha value is -1.69. The van der Waals surface area contributed by atoms with E-state index in [1.165, 1.54) is 11.3 Å². The molecule has 2 rings (SSSR count). The first-order chi connectivity index (χ1) is 7.09. The summed E-state index contributed by atoms with van der Waals surface area (Å²) < 4.78 is 4.85. The Balaban J connectivity index is 2.58. The zero-order valence-corrected chi connectivity index (χ0v) is 8.96. The molecule has 0 aliphatic rings. The maximum absolute atomic E-state index is 11.0. The van der Waals surface area contributed by atoms with E-state index in [0.717, 1.165) is 5.01 Å². The summed E-state index contributed by atoms with van der Waals surface area (Å²) in [6.45, 7) is 3.42. The van der Waals surface area contributed by atoms with Gasteiger partial charge >= 0.3 is 5.97 Å². The van der Waals surface area contributed by atoms with Gasteiger partial charge in [-0.25, -0.2) is 9.78 Å². The van der Waals surface area contributed by atoms with Gasteiger partial charge in [0.25, 0.3) is 0 Å². The van der Waals surface area contributed by atoms with E-state index in [1.807, 2.05) is 6.92 Å². The normalized spacial score (nSPS) is 10.5. The van der Waals surface area contributed by atoms with Crippen LogP contribution in [0.3, 0.4) is 0 Å². The fraction of sp³-hybridized carbons (Fsp3) is 0.222. The third kappa shape index (κ3) is 1.63. The van der Waals surface area contributed by atoms with Gasteiger partial charge in [-0.1, -0.05) is 5.16 Å². The number of aromatic nitrogens is 2. The zero-order chi connectivity index (χ0) is 11.0. The molecule has 2 heterocycles. The van der Waals surface area contributed by atoms with Crippen molar-refractivity contribution >= 4 is 17.3 Å². The summed E-state index contributed by atoms with van der Waals surface area (Å²) in [5.74, 6) is -0.752. The molecule has 2 aromatic heterocycles. The highest BCUT2D eigenvalue weighted by Crippen LogP contribution is 2.26. The van der Waals surface area contributed by atoms with E-state index < -0.39 is 5.97 Å². The van der Waals surface area contributed by atoms with Crippen molar-refractivity contribution in [2.75, 3.05) is 0 Å². The van der Waals surface area contributed by atoms with E-state index in [1.54, 1.807) is 12.3 Å². The van der Waals surface area contributed by atoms with E-state index in [-0.39, 0.29) is 5.56 Å². The van der Waals surface area contributed by atoms with E-state index in [0.29, 0.717) is 17.1 Å². The van der Waals surface area contributed by atoms with Gasteiger partial charge in [0, 0.05) is 5.38 Å². The highest BCUT2D eigenvalue weighted by molar-refractivity contribution is 7.09. The number of nitrogens with zero attached hydrogens (tertiary/aromatic N) is 2. The summed E-state index contributed by atoms with van der Waals surface area (Å²) in [5, 5.41) is 15.3. The van der Waals surface area contributed by atoms with Gasteiger partial charge in [-0.3, -0.25) is 0 Å². The number of aryl methyl sites for hydroxylation is 2. The molecule has 0 aromatic carbocycles. The van der Waals surface area contributed by atoms with Crippen LogP contribution in [0.4, 0.5) is 0 Å². The smallest absolute Gasteiger partial charge is 0.341 e. The lowest BCUT2D eigenvalue weighted by molar-refractivity contribution is 0.0695. The quantitative estimate of drug-likeness (QED) is 0.845. The van der Waals surface area contributed by atoms with Crippen molar-refractivity contribution in [2.24, 2.45) is 0 Å². The minimum absolute atomic E-state index is 0.0836. The number of aromatic carboxylic acids is 1. The van der Waals surface area contributed by atoms with Crippen LogP contribution in [0, 0.1) is 13.8 Å². The van der Waals surface area contributed by atoms with E-state index in [9.17, 15) is 4.79 Å². The number of hydrogen-bond acceptors (Lipinski definition) is 5. The Labute approximate surface area is 89.4 Å². The van der Waals surface area contributed by atoms with Crippen molar-refractivity contribution in [1.82, 2.24) is 10.1 Å². The van der Waals surface area contributed by atoms with Crippen LogP contribution in [0.2, 0.25) is 0 Å². The van der Waals surface area contributed by atoms with Crippen molar-refractivity contribution in [1.29, 1.82) is 0 Å². The molecule has 0 radical (unpaired) electrons. The van der Waals surface area contributed by atoms with Crippen LogP contribution in [-0.2, 0) is 0 Å². The number of carboxylic acid groups (broad SMARTS) is 1. The van der Waals surface area contributed by atoms with Gasteiger partial charge in [0.1, 0.15) is 22.7 Å². The van der Waals surface area contributed by atoms with Crippen LogP contribution in [-0.4, -0.2) is 21.2 Å². The predicted octanol–water partition coefficient (Wildman–Crippen LogP) is 2.11. The van der Waals surface area contributed by atoms with Gasteiger partial charge < -0.3 is 9.63 Å². The van der Waals surface area contributed by atoms with E-state index >= 15 is 0 Å². The number of thiazole rings is 1. The molecule has 0 amide bonds. The maximum Gasteiger partial charge on any atom is 0.341 e. The van der Waals surface area contributed by atoms with Gasteiger partial charge in [-0.2, -0.15) is 0 Å². The monoisotopic (exact) mass is 224 g/mol. The van der Waals surface area contributed by atoms with Gasteiger partial charge in [-0.15, -0.1) is 11.3 Å². The molecule has 0 bridgehead atoms. The third-order valence-electron chi connectivity index (χ3n) is 1.94. The van der Waals surface area contributed by atoms with Crippen LogP contribution in [0.15, 0.2) is 9.90 Å². The second-order valence-corrected chi connectivity index (χ2v) is 4.08. The molecule has 0 spiro atoms. The molecule has 15 heavy (non-hydrogen) atoms. The summed E-state index contributed by atoms with van der Waals surface area (Å²) in [6.07, 6.45) is 0. The predicted molar refractivity (Wildman–Crippen MR) is 54.0 cm³/mol. The first-order valence-electron chi connectivity index (χ1n) is 4.21. The molecule has 0 aliphatic carbocycles. The van der Waals surface area contributed by atoms with Crippen LogP contribution in [0.1, 0.15) is 21.1 Å². The summed E-state index contributed by atoms with van der Waals surface area (Å²) in [4.78, 5) is 15.1. The molecule has 2 aromatic rings. The Morgan fingerprint density at radius 1 is 1.53 bits per heavy atom. The molecule has 0 atom stereocenters. The lowest BCUT2D eigenvalue weighted by Crippen LogP contribution is -1.99. The lowest BCUT2D eigenvalue weighted by atomic mass is 10.1. The Morgan fingerprint density at radius 3 is 2.80 bits per heavy atom. The molecule has 0 aliphatic heterocycles. The topological polar surface area (TPSA) is 76.2 Å². The summed E-state index contributed by atoms with van der Waals surface area (Å²) in [6, 6.07) is 0. The highest BCUT2D eigenvalue weighted by Gasteiger charge is 2.22. The molecule has 0 unspecified atom stereocenters. The minimum Gasteiger partial charge on any atom is -0.477 e. The standard InChI is InChI=1S/C9H8N2O3S/c1-4-7(9(12)13)8(11-14-4)6-3-15-5(2)10-6/h3H,1-2H3,(H,12,13). The fourth-order valence-electron chi connectivity index (χ4n) is 1.27. The molecule has 0 saturated carbocycles. The molecule has 78 valence electrons. The van der Waals surface area contributed by atoms with Crippen molar-refractivity contribution < 1.29 is 14.4 Å². The minimum atomic E-state index is -1.05. The summed E-state index contributed by atoms with van der Waals surface area (Å²) in [7, 11) is 0. The Kier molecular flexibility index (Phi) is 2.28. The van der Waals surface area contributed by atoms with Crippen molar-refractivity contribution in [3.63, 3.8) is 0 Å². The summed E-state index contributed by atoms with van der Waals surface area (Å²) >= 11 is 1.44. The maximum atomic E-state index is 11.0. The van der Waals surface area contributed by atoms with Gasteiger partial charge in [0.05, 0.1) is 5.01 Å². The van der Waals surface area contributed by atoms with Crippen LogP contribution >= 0.6 is 11.3 Å². The number of carbonyl (C=O) groups is 1. The van der Waals surface area contributed by atoms with Crippen molar-refractivity contribution in [3.8, 4) is 11.4 Å². The Bertz CT molecular complexity index is 515. The Morgan fingerprint density at radius 2 is 2.27 bits per heavy atom. The van der Waals surface area contributed by atoms with Crippen LogP contribution < -0.4 is 0 Å². The van der Waals surface area contributed by atoms with E-state index in [4.69, 9.17) is 9.63 Å². The first kappa shape index (κ1) is 9.85. The molecular weight excluding hydrogens is 216 g/mol. The fourth-order valence-corrected chi connectivity index (χ4v) is 1.87. The lowest BCUT2D eigenvalue weighted by Gasteiger charge is -1.92. The highest BCUT2D eigenvalue weighted by atomic mass is 32.1. The van der Waals surface area contributed by atoms with Crippen LogP contribution in [0.5, 0.6) is 0 Å². The molecular formula is C9H8N2O3S. The number of carboxylic acids is 1. The molecule has 1 N–H and O–H groups in total.